The molecule has 3 N–H and O–H groups in total. The van der Waals surface area contributed by atoms with Crippen LogP contribution >= 0.6 is 0 Å². The van der Waals surface area contributed by atoms with E-state index in [-0.39, 0.29) is 36.6 Å². The van der Waals surface area contributed by atoms with Gasteiger partial charge in [-0.15, -0.1) is 0 Å². The molecule has 10 heteroatoms. The molecule has 0 radical (unpaired) electrons. The molecule has 1 saturated heterocycles. The Hall–Kier alpha value is -4.05. The maximum Gasteiger partial charge on any atom is 0.338 e. The number of carbonyl (C=O) groups excluding carboxylic acids is 5. The summed E-state index contributed by atoms with van der Waals surface area (Å²) in [6.45, 7) is 9.77. The van der Waals surface area contributed by atoms with Crippen molar-refractivity contribution in [3.8, 4) is 11.1 Å². The number of carbonyl (C=O) groups is 5. The molecule has 0 bridgehead atoms. The number of nitrogens with one attached hydrogen (secondary N) is 3. The third-order valence-electron chi connectivity index (χ3n) is 7.55. The average Bonchev–Trinajstić information content (AvgIpc) is 3.01. The molecule has 10 nitrogen and oxygen atoms in total. The van der Waals surface area contributed by atoms with Crippen LogP contribution in [-0.4, -0.2) is 66.3 Å². The van der Waals surface area contributed by atoms with Gasteiger partial charge in [0.2, 0.25) is 17.7 Å². The second-order valence-corrected chi connectivity index (χ2v) is 11.9. The zero-order valence-corrected chi connectivity index (χ0v) is 26.5. The van der Waals surface area contributed by atoms with Crippen molar-refractivity contribution in [3.05, 3.63) is 59.7 Å². The first kappa shape index (κ1) is 34.4. The van der Waals surface area contributed by atoms with Crippen molar-refractivity contribution in [2.24, 2.45) is 11.8 Å². The number of aryl methyl sites for hydroxylation is 1. The van der Waals surface area contributed by atoms with E-state index >= 15 is 0 Å². The molecule has 0 spiro atoms. The number of ether oxygens (including phenoxy) is 1. The van der Waals surface area contributed by atoms with Crippen LogP contribution in [0.4, 0.5) is 0 Å². The summed E-state index contributed by atoms with van der Waals surface area (Å²) in [5, 5.41) is 6.82. The molecule has 1 aliphatic rings. The number of hydrogen-bond acceptors (Lipinski definition) is 7. The molecule has 2 aromatic rings. The molecule has 0 unspecified atom stereocenters. The van der Waals surface area contributed by atoms with Gasteiger partial charge in [-0.3, -0.25) is 24.2 Å². The van der Waals surface area contributed by atoms with Gasteiger partial charge in [0.25, 0.3) is 0 Å². The number of ketones is 1. The van der Waals surface area contributed by atoms with Crippen molar-refractivity contribution >= 4 is 29.5 Å². The molecule has 2 aromatic carbocycles. The van der Waals surface area contributed by atoms with Crippen molar-refractivity contribution in [3.63, 3.8) is 0 Å². The Labute approximate surface area is 260 Å². The lowest BCUT2D eigenvalue weighted by molar-refractivity contribution is -0.147. The van der Waals surface area contributed by atoms with Gasteiger partial charge in [0.05, 0.1) is 11.6 Å². The first-order valence-electron chi connectivity index (χ1n) is 15.5. The van der Waals surface area contributed by atoms with E-state index in [9.17, 15) is 24.0 Å². The highest BCUT2D eigenvalue weighted by Crippen LogP contribution is 2.21. The summed E-state index contributed by atoms with van der Waals surface area (Å²) < 4.78 is 5.32. The van der Waals surface area contributed by atoms with E-state index in [2.05, 4.69) is 35.1 Å². The van der Waals surface area contributed by atoms with Crippen LogP contribution in [0.25, 0.3) is 11.1 Å². The lowest BCUT2D eigenvalue weighted by Crippen LogP contribution is -2.61. The fourth-order valence-corrected chi connectivity index (χ4v) is 5.03. The van der Waals surface area contributed by atoms with E-state index < -0.39 is 36.4 Å². The van der Waals surface area contributed by atoms with E-state index in [0.29, 0.717) is 31.4 Å². The van der Waals surface area contributed by atoms with E-state index in [0.717, 1.165) is 17.5 Å². The number of hydrazine groups is 1. The molecule has 0 saturated carbocycles. The van der Waals surface area contributed by atoms with Crippen molar-refractivity contribution in [1.82, 2.24) is 21.1 Å². The van der Waals surface area contributed by atoms with Gasteiger partial charge in [0, 0.05) is 25.9 Å². The highest BCUT2D eigenvalue weighted by atomic mass is 16.5. The minimum Gasteiger partial charge on any atom is -0.454 e. The Balaban J connectivity index is 1.54. The molecule has 3 rings (SSSR count). The lowest BCUT2D eigenvalue weighted by Gasteiger charge is -2.36. The minimum absolute atomic E-state index is 0.0369. The number of benzene rings is 2. The van der Waals surface area contributed by atoms with Crippen LogP contribution in [-0.2, 0) is 30.3 Å². The number of nitrogens with zero attached hydrogens (tertiary/aromatic N) is 1. The summed E-state index contributed by atoms with van der Waals surface area (Å²) in [6, 6.07) is 13.5. The van der Waals surface area contributed by atoms with Crippen molar-refractivity contribution < 1.29 is 28.7 Å². The fourth-order valence-electron chi connectivity index (χ4n) is 5.03. The summed E-state index contributed by atoms with van der Waals surface area (Å²) in [5.74, 6) is -2.04. The molecule has 44 heavy (non-hydrogen) atoms. The van der Waals surface area contributed by atoms with Crippen molar-refractivity contribution in [1.29, 1.82) is 0 Å². The summed E-state index contributed by atoms with van der Waals surface area (Å²) >= 11 is 0. The molecule has 0 aromatic heterocycles. The maximum absolute atomic E-state index is 13.3. The van der Waals surface area contributed by atoms with E-state index in [1.54, 1.807) is 26.0 Å². The van der Waals surface area contributed by atoms with Crippen LogP contribution in [0.3, 0.4) is 0 Å². The number of hydrogen-bond donors (Lipinski definition) is 3. The second-order valence-electron chi connectivity index (χ2n) is 11.9. The third-order valence-corrected chi connectivity index (χ3v) is 7.55. The normalized spacial score (nSPS) is 15.5. The molecular weight excluding hydrogens is 560 g/mol. The Bertz CT molecular complexity index is 1290. The number of rotatable bonds is 14. The molecular formula is C34H46N4O6. The van der Waals surface area contributed by atoms with Gasteiger partial charge in [-0.1, -0.05) is 71.0 Å². The molecule has 0 aliphatic carbocycles. The molecule has 1 aliphatic heterocycles. The minimum atomic E-state index is -0.905. The Kier molecular flexibility index (Phi) is 13.1. The zero-order chi connectivity index (χ0) is 32.2. The van der Waals surface area contributed by atoms with E-state index in [4.69, 9.17) is 4.74 Å². The molecule has 2 atom stereocenters. The summed E-state index contributed by atoms with van der Waals surface area (Å²) in [6.07, 6.45) is 2.48. The van der Waals surface area contributed by atoms with Crippen LogP contribution in [0.1, 0.15) is 76.2 Å². The fraction of sp³-hybridized carbons (Fsp3) is 0.500. The quantitative estimate of drug-likeness (QED) is 0.278. The molecule has 3 amide bonds. The standard InChI is InChI=1S/C34H46N4O6/c1-6-24-9-11-25(12-10-24)26-13-15-27(16-14-26)34(43)44-21-29(39)32(23(4)5)37-33(42)28-8-7-18-36-38(28)31(41)17-19-35-30(40)20-22(2)3/h9-16,22-23,28,32,36H,6-8,17-21H2,1-5H3,(H,35,40)(H,37,42)/t28-,32-/m0/s1. The first-order chi connectivity index (χ1) is 21.0. The largest absolute Gasteiger partial charge is 0.454 e. The van der Waals surface area contributed by atoms with Crippen molar-refractivity contribution in [2.75, 3.05) is 19.7 Å². The van der Waals surface area contributed by atoms with Crippen LogP contribution in [0, 0.1) is 11.8 Å². The lowest BCUT2D eigenvalue weighted by atomic mass is 9.98. The second kappa shape index (κ2) is 16.7. The van der Waals surface area contributed by atoms with Gasteiger partial charge >= 0.3 is 5.97 Å². The van der Waals surface area contributed by atoms with Crippen LogP contribution in [0.15, 0.2) is 48.5 Å². The summed E-state index contributed by atoms with van der Waals surface area (Å²) in [5.41, 5.74) is 6.55. The van der Waals surface area contributed by atoms with Gasteiger partial charge < -0.3 is 15.4 Å². The smallest absolute Gasteiger partial charge is 0.338 e. The Morgan fingerprint density at radius 1 is 0.955 bits per heavy atom. The SMILES string of the molecule is CCc1ccc(-c2ccc(C(=O)OCC(=O)[C@@H](NC(=O)[C@@H]3CCCNN3C(=O)CCNC(=O)CC(C)C)C(C)C)cc2)cc1. The molecule has 1 heterocycles. The predicted molar refractivity (Wildman–Crippen MR) is 168 cm³/mol. The molecule has 238 valence electrons. The van der Waals surface area contributed by atoms with Gasteiger partial charge in [-0.05, 0) is 59.9 Å². The van der Waals surface area contributed by atoms with Gasteiger partial charge in [-0.25, -0.2) is 10.2 Å². The van der Waals surface area contributed by atoms with Crippen LogP contribution in [0.5, 0.6) is 0 Å². The van der Waals surface area contributed by atoms with E-state index in [1.165, 1.54) is 10.6 Å². The maximum atomic E-state index is 13.3. The van der Waals surface area contributed by atoms with Crippen LogP contribution in [0.2, 0.25) is 0 Å². The summed E-state index contributed by atoms with van der Waals surface area (Å²) in [4.78, 5) is 63.9. The topological polar surface area (TPSA) is 134 Å². The number of esters is 1. The van der Waals surface area contributed by atoms with Crippen LogP contribution < -0.4 is 16.1 Å². The first-order valence-corrected chi connectivity index (χ1v) is 15.5. The zero-order valence-electron chi connectivity index (χ0n) is 26.5. The number of Topliss-reactive ketones (excluding diaryl/α,β-unsaturated/α-hetero) is 1. The van der Waals surface area contributed by atoms with Gasteiger partial charge in [0.15, 0.2) is 12.4 Å². The Morgan fingerprint density at radius 3 is 2.18 bits per heavy atom. The predicted octanol–water partition coefficient (Wildman–Crippen LogP) is 3.83. The summed E-state index contributed by atoms with van der Waals surface area (Å²) in [7, 11) is 0. The average molecular weight is 607 g/mol. The van der Waals surface area contributed by atoms with Gasteiger partial charge in [0.1, 0.15) is 6.04 Å². The molecule has 1 fully saturated rings. The Morgan fingerprint density at radius 2 is 1.59 bits per heavy atom. The monoisotopic (exact) mass is 606 g/mol. The van der Waals surface area contributed by atoms with Crippen molar-refractivity contribution in [2.45, 2.75) is 78.8 Å². The number of amides is 3. The van der Waals surface area contributed by atoms with E-state index in [1.807, 2.05) is 38.1 Å². The third kappa shape index (κ3) is 10.0. The highest BCUT2D eigenvalue weighted by Gasteiger charge is 2.35. The highest BCUT2D eigenvalue weighted by molar-refractivity contribution is 5.96. The van der Waals surface area contributed by atoms with Gasteiger partial charge in [-0.2, -0.15) is 0 Å².